The van der Waals surface area contributed by atoms with E-state index in [-0.39, 0.29) is 0 Å². The van der Waals surface area contributed by atoms with Gasteiger partial charge < -0.3 is 0 Å². The molecule has 0 nitrogen and oxygen atoms in total. The smallest absolute Gasteiger partial charge is 0.0438 e. The lowest BCUT2D eigenvalue weighted by atomic mass is 9.82. The van der Waals surface area contributed by atoms with E-state index in [2.05, 4.69) is 152 Å². The first-order valence-electron chi connectivity index (χ1n) is 28.4. The average Bonchev–Trinajstić information content (AvgIpc) is 3.10. The van der Waals surface area contributed by atoms with Gasteiger partial charge in [-0.3, -0.25) is 0 Å². The van der Waals surface area contributed by atoms with Crippen molar-refractivity contribution in [2.24, 2.45) is 94.7 Å². The number of hydrogen-bond donors (Lipinski definition) is 0. The lowest BCUT2D eigenvalue weighted by Gasteiger charge is -2.24. The maximum atomic E-state index is 2.50. The van der Waals surface area contributed by atoms with Gasteiger partial charge in [0.05, 0.1) is 0 Å². The SMILES string of the molecule is CC(C)CC(C)CC(C)C.CCC(C)CC(C)CC(C)CC(C)CC(C)CCCC(C)CC(C)CC(C)C.CCCCCCCC(C)CC(C)CC(C)CC(C)CC(C)CC. The molecule has 0 heteroatoms. The van der Waals surface area contributed by atoms with Crippen LogP contribution in [0.1, 0.15) is 300 Å². The van der Waals surface area contributed by atoms with Crippen LogP contribution in [0.4, 0.5) is 0 Å². The number of rotatable bonds is 36. The van der Waals surface area contributed by atoms with Crippen LogP contribution in [-0.2, 0) is 0 Å². The molecule has 0 heterocycles. The zero-order valence-corrected chi connectivity index (χ0v) is 47.5. The predicted molar refractivity (Wildman–Crippen MR) is 287 cm³/mol. The molecule has 372 valence electrons. The molecule has 0 aliphatic heterocycles. The molecule has 61 heavy (non-hydrogen) atoms. The maximum Gasteiger partial charge on any atom is -0.0438 e. The Balaban J connectivity index is -0.000000913. The van der Waals surface area contributed by atoms with Crippen LogP contribution < -0.4 is 0 Å². The predicted octanol–water partition coefficient (Wildman–Crippen LogP) is 22.2. The van der Waals surface area contributed by atoms with Crippen LogP contribution in [0.2, 0.25) is 0 Å². The van der Waals surface area contributed by atoms with Crippen molar-refractivity contribution < 1.29 is 0 Å². The summed E-state index contributed by atoms with van der Waals surface area (Å²) in [5.74, 6) is 14.3. The van der Waals surface area contributed by atoms with Crippen molar-refractivity contribution in [3.63, 3.8) is 0 Å². The third-order valence-corrected chi connectivity index (χ3v) is 14.5. The van der Waals surface area contributed by atoms with E-state index in [1.807, 2.05) is 0 Å². The normalized spacial score (nSPS) is 18.0. The monoisotopic (exact) mass is 861 g/mol. The third kappa shape index (κ3) is 47.8. The molecule has 0 aromatic rings. The van der Waals surface area contributed by atoms with Crippen molar-refractivity contribution in [3.05, 3.63) is 0 Å². The molecule has 0 saturated carbocycles. The van der Waals surface area contributed by atoms with Crippen molar-refractivity contribution in [1.29, 1.82) is 0 Å². The van der Waals surface area contributed by atoms with Crippen LogP contribution in [0.5, 0.6) is 0 Å². The summed E-state index contributed by atoms with van der Waals surface area (Å²) in [6, 6.07) is 0. The standard InChI is InChI=1S/C28H58.C23H48.C10H22/c1-11-22(4)16-26(8)19-28(10)20-27(9)18-24(6)14-12-13-23(5)17-25(7)15-21(2)3;1-8-10-11-12-13-14-20(4)16-22(6)18-23(7)17-21(5)15-19(3)9-2;1-8(2)6-10(5)7-9(3)4/h21-28H,11-20H2,1-10H3;19-23H,8-18H2,1-7H3;8-10H,6-7H2,1-5H3. The van der Waals surface area contributed by atoms with Gasteiger partial charge in [-0.25, -0.2) is 0 Å². The molecule has 0 aromatic heterocycles. The van der Waals surface area contributed by atoms with Crippen molar-refractivity contribution in [2.75, 3.05) is 0 Å². The minimum absolute atomic E-state index is 0.851. The molecular formula is C61H128. The Morgan fingerprint density at radius 1 is 0.197 bits per heavy atom. The lowest BCUT2D eigenvalue weighted by Crippen LogP contribution is -2.12. The molecule has 0 rings (SSSR count). The first-order chi connectivity index (χ1) is 28.4. The maximum absolute atomic E-state index is 2.50. The zero-order chi connectivity index (χ0) is 47.5. The van der Waals surface area contributed by atoms with Gasteiger partial charge in [-0.2, -0.15) is 0 Å². The topological polar surface area (TPSA) is 0 Å². The van der Waals surface area contributed by atoms with Gasteiger partial charge in [0, 0.05) is 0 Å². The summed E-state index contributed by atoms with van der Waals surface area (Å²) in [5, 5.41) is 0. The summed E-state index contributed by atoms with van der Waals surface area (Å²) in [6.45, 7) is 52.9. The summed E-state index contributed by atoms with van der Waals surface area (Å²) in [7, 11) is 0. The fourth-order valence-corrected chi connectivity index (χ4v) is 12.0. The highest BCUT2D eigenvalue weighted by molar-refractivity contribution is 4.70. The van der Waals surface area contributed by atoms with Crippen molar-refractivity contribution in [3.8, 4) is 0 Å². The molecule has 0 saturated heterocycles. The third-order valence-electron chi connectivity index (χ3n) is 14.5. The van der Waals surface area contributed by atoms with Crippen molar-refractivity contribution >= 4 is 0 Å². The van der Waals surface area contributed by atoms with E-state index in [9.17, 15) is 0 Å². The molecule has 0 aromatic carbocycles. The van der Waals surface area contributed by atoms with Gasteiger partial charge in [0.15, 0.2) is 0 Å². The van der Waals surface area contributed by atoms with Crippen LogP contribution in [0.3, 0.4) is 0 Å². The van der Waals surface area contributed by atoms with E-state index < -0.39 is 0 Å². The first-order valence-corrected chi connectivity index (χ1v) is 28.4. The quantitative estimate of drug-likeness (QED) is 0.0551. The van der Waals surface area contributed by atoms with Gasteiger partial charge in [-0.15, -0.1) is 0 Å². The van der Waals surface area contributed by atoms with Gasteiger partial charge in [-0.05, 0) is 172 Å². The highest BCUT2D eigenvalue weighted by Gasteiger charge is 2.18. The average molecular weight is 862 g/mol. The molecule has 0 bridgehead atoms. The van der Waals surface area contributed by atoms with Crippen LogP contribution in [0.15, 0.2) is 0 Å². The minimum Gasteiger partial charge on any atom is -0.0654 e. The Kier molecular flexibility index (Phi) is 44.3. The Hall–Kier alpha value is 0. The molecule has 12 unspecified atom stereocenters. The molecule has 0 radical (unpaired) electrons. The number of hydrogen-bond acceptors (Lipinski definition) is 0. The van der Waals surface area contributed by atoms with Gasteiger partial charge in [0.25, 0.3) is 0 Å². The van der Waals surface area contributed by atoms with E-state index in [1.165, 1.54) is 148 Å². The second kappa shape index (κ2) is 41.4. The Morgan fingerprint density at radius 3 is 0.672 bits per heavy atom. The van der Waals surface area contributed by atoms with E-state index in [1.54, 1.807) is 0 Å². The van der Waals surface area contributed by atoms with E-state index >= 15 is 0 Å². The van der Waals surface area contributed by atoms with E-state index in [0.29, 0.717) is 0 Å². The second-order valence-electron chi connectivity index (χ2n) is 25.3. The molecule has 0 amide bonds. The highest BCUT2D eigenvalue weighted by atomic mass is 14.2. The van der Waals surface area contributed by atoms with Gasteiger partial charge in [-0.1, -0.05) is 223 Å². The Labute approximate surface area is 393 Å². The van der Waals surface area contributed by atoms with Gasteiger partial charge >= 0.3 is 0 Å². The molecule has 0 aliphatic rings. The molecule has 0 aliphatic carbocycles. The van der Waals surface area contributed by atoms with Crippen LogP contribution in [-0.4, -0.2) is 0 Å². The summed E-state index contributed by atoms with van der Waals surface area (Å²) in [5.41, 5.74) is 0. The first kappa shape index (κ1) is 65.3. The largest absolute Gasteiger partial charge is 0.0654 e. The highest BCUT2D eigenvalue weighted by Crippen LogP contribution is 2.31. The number of unbranched alkanes of at least 4 members (excludes halogenated alkanes) is 4. The fraction of sp³-hybridized carbons (Fsp3) is 1.00. The van der Waals surface area contributed by atoms with Crippen molar-refractivity contribution in [1.82, 2.24) is 0 Å². The van der Waals surface area contributed by atoms with Crippen LogP contribution in [0, 0.1) is 94.7 Å². The lowest BCUT2D eigenvalue weighted by molar-refractivity contribution is 0.276. The zero-order valence-electron chi connectivity index (χ0n) is 47.5. The molecular weight excluding hydrogens is 733 g/mol. The molecule has 12 atom stereocenters. The Bertz CT molecular complexity index is 857. The Morgan fingerprint density at radius 2 is 0.410 bits per heavy atom. The van der Waals surface area contributed by atoms with Crippen LogP contribution in [0.25, 0.3) is 0 Å². The molecule has 0 N–H and O–H groups in total. The fourth-order valence-electron chi connectivity index (χ4n) is 12.0. The van der Waals surface area contributed by atoms with Gasteiger partial charge in [0.1, 0.15) is 0 Å². The summed E-state index contributed by atoms with van der Waals surface area (Å²) in [6.07, 6.45) is 32.6. The van der Waals surface area contributed by atoms with Gasteiger partial charge in [0.2, 0.25) is 0 Å². The summed E-state index contributed by atoms with van der Waals surface area (Å²) < 4.78 is 0. The minimum atomic E-state index is 0.851. The van der Waals surface area contributed by atoms with Crippen molar-refractivity contribution in [2.45, 2.75) is 300 Å². The van der Waals surface area contributed by atoms with Crippen LogP contribution >= 0.6 is 0 Å². The summed E-state index contributed by atoms with van der Waals surface area (Å²) >= 11 is 0. The van der Waals surface area contributed by atoms with E-state index in [0.717, 1.165) is 94.7 Å². The second-order valence-corrected chi connectivity index (χ2v) is 25.3. The van der Waals surface area contributed by atoms with E-state index in [4.69, 9.17) is 0 Å². The molecule has 0 spiro atoms. The summed E-state index contributed by atoms with van der Waals surface area (Å²) in [4.78, 5) is 0. The molecule has 0 fully saturated rings.